The van der Waals surface area contributed by atoms with Crippen LogP contribution in [0.2, 0.25) is 0 Å². The van der Waals surface area contributed by atoms with Gasteiger partial charge in [0.15, 0.2) is 22.3 Å². The molecule has 0 aliphatic carbocycles. The van der Waals surface area contributed by atoms with Crippen molar-refractivity contribution in [3.63, 3.8) is 0 Å². The third-order valence-corrected chi connectivity index (χ3v) is 7.68. The van der Waals surface area contributed by atoms with E-state index < -0.39 is 33.2 Å². The van der Waals surface area contributed by atoms with E-state index in [0.29, 0.717) is 10.5 Å². The largest absolute Gasteiger partial charge is 0.504 e. The average Bonchev–Trinajstić information content (AvgIpc) is 3.30. The predicted molar refractivity (Wildman–Crippen MR) is 129 cm³/mol. The van der Waals surface area contributed by atoms with E-state index in [4.69, 9.17) is 0 Å². The maximum Gasteiger partial charge on any atom is 0.284 e. The van der Waals surface area contributed by atoms with Gasteiger partial charge in [0, 0.05) is 43.3 Å². The number of hydrogen-bond donors (Lipinski definition) is 2. The van der Waals surface area contributed by atoms with Gasteiger partial charge >= 0.3 is 0 Å². The molecule has 0 radical (unpaired) electrons. The predicted octanol–water partition coefficient (Wildman–Crippen LogP) is 2.69. The van der Waals surface area contributed by atoms with Gasteiger partial charge in [-0.25, -0.2) is 14.4 Å². The number of carbonyl (C=O) groups is 1. The van der Waals surface area contributed by atoms with Crippen LogP contribution in [0.15, 0.2) is 59.0 Å². The summed E-state index contributed by atoms with van der Waals surface area (Å²) in [5.41, 5.74) is 0.278. The topological polar surface area (TPSA) is 130 Å². The maximum atomic E-state index is 13.5. The third kappa shape index (κ3) is 4.64. The fourth-order valence-corrected chi connectivity index (χ4v) is 5.16. The summed E-state index contributed by atoms with van der Waals surface area (Å²) in [5, 5.41) is 13.4. The van der Waals surface area contributed by atoms with Crippen LogP contribution < -0.4 is 9.62 Å². The van der Waals surface area contributed by atoms with E-state index in [9.17, 15) is 22.7 Å². The molecular formula is C22H21FN6O4S2. The zero-order valence-electron chi connectivity index (χ0n) is 18.9. The molecule has 0 bridgehead atoms. The molecule has 1 amide bonds. The molecular weight excluding hydrogens is 495 g/mol. The number of pyridine rings is 2. The molecule has 3 aromatic heterocycles. The van der Waals surface area contributed by atoms with E-state index in [-0.39, 0.29) is 28.3 Å². The number of rotatable bonds is 7. The molecule has 4 rings (SSSR count). The number of amides is 1. The molecule has 182 valence electrons. The van der Waals surface area contributed by atoms with Gasteiger partial charge in [-0.15, -0.1) is 11.8 Å². The Balaban J connectivity index is 1.74. The van der Waals surface area contributed by atoms with Crippen molar-refractivity contribution in [1.82, 2.24) is 24.8 Å². The van der Waals surface area contributed by atoms with E-state index in [0.717, 1.165) is 4.31 Å². The Bertz CT molecular complexity index is 1540. The van der Waals surface area contributed by atoms with Crippen molar-refractivity contribution in [2.24, 2.45) is 7.05 Å². The van der Waals surface area contributed by atoms with Crippen molar-refractivity contribution < 1.29 is 22.7 Å². The van der Waals surface area contributed by atoms with Crippen LogP contribution in [0.3, 0.4) is 0 Å². The summed E-state index contributed by atoms with van der Waals surface area (Å²) in [7, 11) is -1.21. The third-order valence-electron chi connectivity index (χ3n) is 5.22. The Kier molecular flexibility index (Phi) is 6.63. The molecule has 13 heteroatoms. The number of aryl methyl sites for hydroxylation is 1. The number of hydrogen-bond acceptors (Lipinski definition) is 8. The molecule has 1 aromatic carbocycles. The van der Waals surface area contributed by atoms with E-state index in [1.165, 1.54) is 54.2 Å². The zero-order chi connectivity index (χ0) is 25.3. The second-order valence-corrected chi connectivity index (χ2v) is 10.3. The van der Waals surface area contributed by atoms with Crippen molar-refractivity contribution in [2.45, 2.75) is 16.5 Å². The molecule has 0 fully saturated rings. The number of aromatic hydroxyl groups is 1. The molecule has 3 heterocycles. The fraction of sp³-hybridized carbons (Fsp3) is 0.182. The van der Waals surface area contributed by atoms with E-state index in [1.807, 2.05) is 0 Å². The number of thioether (sulfide) groups is 1. The minimum Gasteiger partial charge on any atom is -0.504 e. The summed E-state index contributed by atoms with van der Waals surface area (Å²) in [6.07, 6.45) is 5.88. The number of nitrogens with one attached hydrogen (secondary N) is 1. The molecule has 0 spiro atoms. The van der Waals surface area contributed by atoms with Gasteiger partial charge in [-0.05, 0) is 36.1 Å². The Hall–Kier alpha value is -3.71. The van der Waals surface area contributed by atoms with Crippen LogP contribution in [0.1, 0.15) is 16.1 Å². The molecule has 0 atom stereocenters. The molecule has 0 saturated heterocycles. The molecule has 2 N–H and O–H groups in total. The number of aromatic nitrogens is 4. The summed E-state index contributed by atoms with van der Waals surface area (Å²) in [6, 6.07) is 7.30. The lowest BCUT2D eigenvalue weighted by Gasteiger charge is -2.20. The van der Waals surface area contributed by atoms with Gasteiger partial charge in [-0.2, -0.15) is 8.42 Å². The van der Waals surface area contributed by atoms with Crippen molar-refractivity contribution in [3.8, 4) is 5.75 Å². The summed E-state index contributed by atoms with van der Waals surface area (Å²) in [6.45, 7) is 0.0358. The van der Waals surface area contributed by atoms with Crippen LogP contribution in [0.4, 0.5) is 10.2 Å². The Morgan fingerprint density at radius 3 is 2.74 bits per heavy atom. The van der Waals surface area contributed by atoms with Gasteiger partial charge in [-0.1, -0.05) is 6.07 Å². The molecule has 0 aliphatic heterocycles. The molecule has 0 saturated carbocycles. The van der Waals surface area contributed by atoms with Crippen molar-refractivity contribution in [3.05, 3.63) is 66.1 Å². The first-order valence-corrected chi connectivity index (χ1v) is 12.8. The highest BCUT2D eigenvalue weighted by molar-refractivity contribution is 7.98. The van der Waals surface area contributed by atoms with Gasteiger partial charge in [0.05, 0.1) is 6.33 Å². The Labute approximate surface area is 204 Å². The molecule has 35 heavy (non-hydrogen) atoms. The Morgan fingerprint density at radius 1 is 1.29 bits per heavy atom. The van der Waals surface area contributed by atoms with E-state index in [1.54, 1.807) is 31.5 Å². The van der Waals surface area contributed by atoms with E-state index >= 15 is 0 Å². The lowest BCUT2D eigenvalue weighted by atomic mass is 10.2. The Morgan fingerprint density at radius 2 is 2.06 bits per heavy atom. The number of sulfonamides is 1. The van der Waals surface area contributed by atoms with Gasteiger partial charge < -0.3 is 15.0 Å². The summed E-state index contributed by atoms with van der Waals surface area (Å²) < 4.78 is 42.2. The molecule has 0 unspecified atom stereocenters. The highest BCUT2D eigenvalue weighted by atomic mass is 32.2. The van der Waals surface area contributed by atoms with Gasteiger partial charge in [-0.3, -0.25) is 14.1 Å². The highest BCUT2D eigenvalue weighted by Gasteiger charge is 2.29. The van der Waals surface area contributed by atoms with Gasteiger partial charge in [0.2, 0.25) is 0 Å². The number of nitrogens with zero attached hydrogens (tertiary/aromatic N) is 5. The zero-order valence-corrected chi connectivity index (χ0v) is 20.6. The maximum absolute atomic E-state index is 13.5. The number of anilines is 1. The standard InChI is InChI=1S/C22H21FN6O4S2/c1-28-11-17(26-12-28)35(32,33)29(2)21-15-5-4-8-24-18(15)20(30)19(27-21)22(31)25-10-13-6-7-14(23)9-16(13)34-3/h4-9,11-12,30H,10H2,1-3H3,(H,25,31). The number of benzene rings is 1. The molecule has 4 aromatic rings. The van der Waals surface area contributed by atoms with Gasteiger partial charge in [0.25, 0.3) is 15.9 Å². The second-order valence-electron chi connectivity index (χ2n) is 7.52. The first-order chi connectivity index (χ1) is 16.6. The number of fused-ring (bicyclic) bond motifs is 1. The van der Waals surface area contributed by atoms with E-state index in [2.05, 4.69) is 20.3 Å². The number of imidazole rings is 1. The van der Waals surface area contributed by atoms with Crippen LogP contribution in [0.25, 0.3) is 10.9 Å². The van der Waals surface area contributed by atoms with Gasteiger partial charge in [0.1, 0.15) is 11.3 Å². The highest BCUT2D eigenvalue weighted by Crippen LogP contribution is 2.34. The van der Waals surface area contributed by atoms with Crippen LogP contribution in [-0.2, 0) is 23.6 Å². The van der Waals surface area contributed by atoms with Crippen LogP contribution >= 0.6 is 11.8 Å². The summed E-state index contributed by atoms with van der Waals surface area (Å²) in [4.78, 5) is 25.9. The fourth-order valence-electron chi connectivity index (χ4n) is 3.40. The normalized spacial score (nSPS) is 11.5. The lowest BCUT2D eigenvalue weighted by Crippen LogP contribution is -2.30. The number of halogens is 1. The van der Waals surface area contributed by atoms with Crippen LogP contribution in [0, 0.1) is 5.82 Å². The first kappa shape index (κ1) is 24.4. The molecule has 0 aliphatic rings. The van der Waals surface area contributed by atoms with Crippen LogP contribution in [0.5, 0.6) is 5.75 Å². The average molecular weight is 517 g/mol. The first-order valence-electron chi connectivity index (χ1n) is 10.2. The quantitative estimate of drug-likeness (QED) is 0.359. The molecule has 10 nitrogen and oxygen atoms in total. The lowest BCUT2D eigenvalue weighted by molar-refractivity contribution is 0.0943. The summed E-state index contributed by atoms with van der Waals surface area (Å²) >= 11 is 1.32. The SMILES string of the molecule is CSc1cc(F)ccc1CNC(=O)c1nc(N(C)S(=O)(=O)c2cn(C)cn2)c2cccnc2c1O. The second kappa shape index (κ2) is 9.50. The monoisotopic (exact) mass is 516 g/mol. The minimum atomic E-state index is -4.13. The minimum absolute atomic E-state index is 0.0114. The van der Waals surface area contributed by atoms with Crippen LogP contribution in [-0.4, -0.2) is 52.3 Å². The van der Waals surface area contributed by atoms with Crippen molar-refractivity contribution >= 4 is 44.4 Å². The smallest absolute Gasteiger partial charge is 0.284 e. The van der Waals surface area contributed by atoms with Crippen molar-refractivity contribution in [1.29, 1.82) is 0 Å². The number of carbonyl (C=O) groups excluding carboxylic acids is 1. The van der Waals surface area contributed by atoms with Crippen molar-refractivity contribution in [2.75, 3.05) is 17.6 Å². The summed E-state index contributed by atoms with van der Waals surface area (Å²) in [5.74, 6) is -1.74.